The van der Waals surface area contributed by atoms with Crippen molar-refractivity contribution in [1.82, 2.24) is 0 Å². The third kappa shape index (κ3) is 3.09. The van der Waals surface area contributed by atoms with Crippen LogP contribution < -0.4 is 0 Å². The number of rotatable bonds is 5. The quantitative estimate of drug-likeness (QED) is 0.289. The summed E-state index contributed by atoms with van der Waals surface area (Å²) in [7, 11) is 0. The van der Waals surface area contributed by atoms with E-state index in [-0.39, 0.29) is 11.5 Å². The molecule has 0 saturated heterocycles. The van der Waals surface area contributed by atoms with Gasteiger partial charge in [-0.05, 0) is 24.5 Å². The van der Waals surface area contributed by atoms with E-state index in [1.807, 2.05) is 24.5 Å². The number of nitro groups is 1. The molecule has 0 unspecified atom stereocenters. The Hall–Kier alpha value is -2.86. The third-order valence-electron chi connectivity index (χ3n) is 3.53. The molecule has 3 rings (SSSR count). The van der Waals surface area contributed by atoms with Crippen LogP contribution in [0.3, 0.4) is 0 Å². The number of ketones is 1. The fourth-order valence-electron chi connectivity index (χ4n) is 2.32. The van der Waals surface area contributed by atoms with Crippen molar-refractivity contribution in [1.29, 1.82) is 0 Å². The first kappa shape index (κ1) is 16.0. The zero-order valence-electron chi connectivity index (χ0n) is 12.8. The van der Waals surface area contributed by atoms with Crippen LogP contribution in [0.25, 0.3) is 11.3 Å². The maximum Gasteiger partial charge on any atom is 0.269 e. The lowest BCUT2D eigenvalue weighted by atomic mass is 10.0. The smallest absolute Gasteiger partial charge is 0.269 e. The van der Waals surface area contributed by atoms with Crippen LogP contribution in [0.5, 0.6) is 0 Å². The monoisotopic (exact) mass is 339 g/mol. The third-order valence-corrected chi connectivity index (χ3v) is 4.20. The van der Waals surface area contributed by atoms with E-state index in [9.17, 15) is 14.9 Å². The summed E-state index contributed by atoms with van der Waals surface area (Å²) in [6, 6.07) is 16.7. The zero-order valence-corrected chi connectivity index (χ0v) is 13.6. The van der Waals surface area contributed by atoms with Gasteiger partial charge in [0.05, 0.1) is 10.5 Å². The van der Waals surface area contributed by atoms with Gasteiger partial charge < -0.3 is 4.42 Å². The second-order valence-corrected chi connectivity index (χ2v) is 5.79. The van der Waals surface area contributed by atoms with E-state index < -0.39 is 4.92 Å². The van der Waals surface area contributed by atoms with Crippen molar-refractivity contribution in [2.75, 3.05) is 6.26 Å². The molecule has 0 radical (unpaired) electrons. The molecule has 0 aliphatic heterocycles. The summed E-state index contributed by atoms with van der Waals surface area (Å²) >= 11 is 1.35. The Morgan fingerprint density at radius 2 is 1.75 bits per heavy atom. The Morgan fingerprint density at radius 1 is 1.08 bits per heavy atom. The number of carbonyl (C=O) groups is 1. The normalized spacial score (nSPS) is 10.5. The standard InChI is InChI=1S/C18H13NO4S/c1-24-18-15(17(20)13-5-3-2-4-6-13)11-16(23-18)12-7-9-14(10-8-12)19(21)22/h2-11H,1H3. The molecule has 6 heteroatoms. The van der Waals surface area contributed by atoms with E-state index in [1.54, 1.807) is 30.3 Å². The van der Waals surface area contributed by atoms with Crippen molar-refractivity contribution in [3.8, 4) is 11.3 Å². The van der Waals surface area contributed by atoms with Crippen LogP contribution in [0.1, 0.15) is 15.9 Å². The van der Waals surface area contributed by atoms with E-state index in [1.165, 1.54) is 23.9 Å². The molecule has 0 spiro atoms. The van der Waals surface area contributed by atoms with Crippen LogP contribution in [-0.2, 0) is 0 Å². The molecule has 0 atom stereocenters. The molecule has 0 N–H and O–H groups in total. The molecule has 0 saturated carbocycles. The molecule has 0 aliphatic rings. The van der Waals surface area contributed by atoms with Crippen LogP contribution in [0.15, 0.2) is 70.2 Å². The average Bonchev–Trinajstić information content (AvgIpc) is 3.06. The number of nitro benzene ring substituents is 1. The lowest BCUT2D eigenvalue weighted by Crippen LogP contribution is -2.00. The van der Waals surface area contributed by atoms with Gasteiger partial charge in [0, 0.05) is 23.3 Å². The van der Waals surface area contributed by atoms with E-state index in [2.05, 4.69) is 0 Å². The van der Waals surface area contributed by atoms with Crippen molar-refractivity contribution in [3.63, 3.8) is 0 Å². The summed E-state index contributed by atoms with van der Waals surface area (Å²) in [5.74, 6) is 0.394. The molecular formula is C18H13NO4S. The number of hydrogen-bond donors (Lipinski definition) is 0. The Morgan fingerprint density at radius 3 is 2.33 bits per heavy atom. The van der Waals surface area contributed by atoms with Gasteiger partial charge in [-0.2, -0.15) is 0 Å². The summed E-state index contributed by atoms with van der Waals surface area (Å²) in [6.07, 6.45) is 1.83. The fourth-order valence-corrected chi connectivity index (χ4v) is 2.86. The summed E-state index contributed by atoms with van der Waals surface area (Å²) < 4.78 is 5.77. The van der Waals surface area contributed by atoms with Crippen LogP contribution in [0.2, 0.25) is 0 Å². The van der Waals surface area contributed by atoms with E-state index in [0.717, 1.165) is 0 Å². The molecule has 1 heterocycles. The number of thioether (sulfide) groups is 1. The number of non-ortho nitro benzene ring substituents is 1. The molecule has 0 aliphatic carbocycles. The Kier molecular flexibility index (Phi) is 4.48. The van der Waals surface area contributed by atoms with Gasteiger partial charge in [0.2, 0.25) is 0 Å². The summed E-state index contributed by atoms with van der Waals surface area (Å²) in [4.78, 5) is 22.9. The molecule has 120 valence electrons. The number of carbonyl (C=O) groups excluding carboxylic acids is 1. The first-order chi connectivity index (χ1) is 11.6. The summed E-state index contributed by atoms with van der Waals surface area (Å²) in [5.41, 5.74) is 1.77. The minimum atomic E-state index is -0.455. The van der Waals surface area contributed by atoms with Gasteiger partial charge in [0.1, 0.15) is 5.76 Å². The largest absolute Gasteiger partial charge is 0.449 e. The van der Waals surface area contributed by atoms with Gasteiger partial charge in [0.15, 0.2) is 10.9 Å². The molecule has 0 fully saturated rings. The molecular weight excluding hydrogens is 326 g/mol. The zero-order chi connectivity index (χ0) is 17.1. The van der Waals surface area contributed by atoms with Crippen molar-refractivity contribution in [2.24, 2.45) is 0 Å². The van der Waals surface area contributed by atoms with Gasteiger partial charge in [-0.1, -0.05) is 42.1 Å². The Balaban J connectivity index is 1.98. The lowest BCUT2D eigenvalue weighted by molar-refractivity contribution is -0.384. The maximum absolute atomic E-state index is 12.7. The Labute approximate surface area is 142 Å². The van der Waals surface area contributed by atoms with Gasteiger partial charge in [-0.3, -0.25) is 14.9 Å². The average molecular weight is 339 g/mol. The van der Waals surface area contributed by atoms with E-state index >= 15 is 0 Å². The highest BCUT2D eigenvalue weighted by Crippen LogP contribution is 2.33. The highest BCUT2D eigenvalue weighted by molar-refractivity contribution is 7.98. The van der Waals surface area contributed by atoms with Crippen molar-refractivity contribution < 1.29 is 14.1 Å². The predicted octanol–water partition coefficient (Wildman–Crippen LogP) is 4.81. The SMILES string of the molecule is CSc1oc(-c2ccc([N+](=O)[O-])cc2)cc1C(=O)c1ccccc1. The van der Waals surface area contributed by atoms with E-state index in [4.69, 9.17) is 4.42 Å². The summed E-state index contributed by atoms with van der Waals surface area (Å²) in [5, 5.41) is 11.3. The first-order valence-electron chi connectivity index (χ1n) is 7.12. The first-order valence-corrected chi connectivity index (χ1v) is 8.35. The molecule has 24 heavy (non-hydrogen) atoms. The molecule has 3 aromatic rings. The highest BCUT2D eigenvalue weighted by Gasteiger charge is 2.20. The van der Waals surface area contributed by atoms with Crippen LogP contribution in [0.4, 0.5) is 5.69 Å². The fraction of sp³-hybridized carbons (Fsp3) is 0.0556. The maximum atomic E-state index is 12.7. The number of benzene rings is 2. The lowest BCUT2D eigenvalue weighted by Gasteiger charge is -1.99. The van der Waals surface area contributed by atoms with Gasteiger partial charge in [-0.15, -0.1) is 0 Å². The highest BCUT2D eigenvalue weighted by atomic mass is 32.2. The minimum absolute atomic E-state index is 0.0102. The second kappa shape index (κ2) is 6.72. The summed E-state index contributed by atoms with van der Waals surface area (Å²) in [6.45, 7) is 0. The number of nitrogens with zero attached hydrogens (tertiary/aromatic N) is 1. The van der Waals surface area contributed by atoms with Crippen molar-refractivity contribution >= 4 is 23.2 Å². The van der Waals surface area contributed by atoms with Crippen molar-refractivity contribution in [2.45, 2.75) is 5.09 Å². The number of furan rings is 1. The Bertz CT molecular complexity index is 885. The van der Waals surface area contributed by atoms with Gasteiger partial charge in [0.25, 0.3) is 5.69 Å². The van der Waals surface area contributed by atoms with Crippen LogP contribution in [-0.4, -0.2) is 17.0 Å². The van der Waals surface area contributed by atoms with Crippen LogP contribution >= 0.6 is 11.8 Å². The topological polar surface area (TPSA) is 73.3 Å². The number of hydrogen-bond acceptors (Lipinski definition) is 5. The second-order valence-electron chi connectivity index (χ2n) is 5.02. The van der Waals surface area contributed by atoms with E-state index in [0.29, 0.717) is 27.5 Å². The molecule has 1 aromatic heterocycles. The molecule has 5 nitrogen and oxygen atoms in total. The molecule has 0 amide bonds. The minimum Gasteiger partial charge on any atom is -0.449 e. The van der Waals surface area contributed by atoms with Gasteiger partial charge in [-0.25, -0.2) is 0 Å². The molecule has 0 bridgehead atoms. The van der Waals surface area contributed by atoms with Crippen LogP contribution in [0, 0.1) is 10.1 Å². The van der Waals surface area contributed by atoms with Gasteiger partial charge >= 0.3 is 0 Å². The predicted molar refractivity (Wildman–Crippen MR) is 92.5 cm³/mol. The van der Waals surface area contributed by atoms with Crippen molar-refractivity contribution in [3.05, 3.63) is 81.9 Å². The molecule has 2 aromatic carbocycles.